The van der Waals surface area contributed by atoms with E-state index in [2.05, 4.69) is 34.1 Å². The van der Waals surface area contributed by atoms with Gasteiger partial charge in [-0.2, -0.15) is 0 Å². The number of methoxy groups -OCH3 is 1. The SMILES string of the molecule is COc1ncc(B2OC(C)(C)C(C)(C)O2)cc1C=Cc1ccc(N2CCN(C(=O)OC(C)(C)C)CC2)cc1. The van der Waals surface area contributed by atoms with Crippen LogP contribution in [0.15, 0.2) is 36.5 Å². The number of hydrogen-bond donors (Lipinski definition) is 0. The van der Waals surface area contributed by atoms with Gasteiger partial charge in [0.2, 0.25) is 5.88 Å². The third-order valence-electron chi connectivity index (χ3n) is 7.26. The monoisotopic (exact) mass is 521 g/mol. The second-order valence-corrected chi connectivity index (χ2v) is 11.8. The molecule has 0 spiro atoms. The number of rotatable bonds is 5. The van der Waals surface area contributed by atoms with Gasteiger partial charge in [-0.15, -0.1) is 0 Å². The van der Waals surface area contributed by atoms with Crippen LogP contribution in [0.1, 0.15) is 59.6 Å². The number of benzene rings is 1. The van der Waals surface area contributed by atoms with E-state index in [4.69, 9.17) is 18.8 Å². The Kier molecular flexibility index (Phi) is 7.82. The lowest BCUT2D eigenvalue weighted by atomic mass is 9.79. The van der Waals surface area contributed by atoms with Gasteiger partial charge in [0.1, 0.15) is 5.60 Å². The first kappa shape index (κ1) is 28.0. The van der Waals surface area contributed by atoms with Crippen molar-refractivity contribution in [2.24, 2.45) is 0 Å². The maximum Gasteiger partial charge on any atom is 0.496 e. The van der Waals surface area contributed by atoms with Crippen LogP contribution in [0.3, 0.4) is 0 Å². The van der Waals surface area contributed by atoms with E-state index in [9.17, 15) is 4.79 Å². The van der Waals surface area contributed by atoms with Crippen molar-refractivity contribution in [2.75, 3.05) is 38.2 Å². The minimum atomic E-state index is -0.486. The summed E-state index contributed by atoms with van der Waals surface area (Å²) in [5, 5.41) is 0. The smallest absolute Gasteiger partial charge is 0.481 e. The van der Waals surface area contributed by atoms with Crippen LogP contribution < -0.4 is 15.1 Å². The summed E-state index contributed by atoms with van der Waals surface area (Å²) in [4.78, 5) is 20.9. The van der Waals surface area contributed by atoms with Crippen LogP contribution in [0.2, 0.25) is 0 Å². The first-order chi connectivity index (χ1) is 17.8. The van der Waals surface area contributed by atoms with Crippen molar-refractivity contribution >= 4 is 36.5 Å². The lowest BCUT2D eigenvalue weighted by Crippen LogP contribution is -2.50. The van der Waals surface area contributed by atoms with E-state index >= 15 is 0 Å². The predicted molar refractivity (Wildman–Crippen MR) is 152 cm³/mol. The fraction of sp³-hybridized carbons (Fsp3) is 0.517. The zero-order valence-corrected chi connectivity index (χ0v) is 23.9. The third kappa shape index (κ3) is 6.33. The molecule has 2 aliphatic rings. The number of hydrogen-bond acceptors (Lipinski definition) is 7. The van der Waals surface area contributed by atoms with E-state index in [1.807, 2.05) is 66.7 Å². The van der Waals surface area contributed by atoms with Crippen molar-refractivity contribution in [3.8, 4) is 5.88 Å². The van der Waals surface area contributed by atoms with Crippen LogP contribution in [0.4, 0.5) is 10.5 Å². The fourth-order valence-electron chi connectivity index (χ4n) is 4.34. The molecule has 2 aliphatic heterocycles. The molecule has 204 valence electrons. The molecule has 0 N–H and O–H groups in total. The number of pyridine rings is 1. The highest BCUT2D eigenvalue weighted by atomic mass is 16.7. The summed E-state index contributed by atoms with van der Waals surface area (Å²) >= 11 is 0. The molecule has 0 unspecified atom stereocenters. The van der Waals surface area contributed by atoms with E-state index in [0.717, 1.165) is 35.4 Å². The number of ether oxygens (including phenoxy) is 2. The van der Waals surface area contributed by atoms with Crippen LogP contribution >= 0.6 is 0 Å². The molecule has 0 aliphatic carbocycles. The number of amides is 1. The maximum absolute atomic E-state index is 12.3. The standard InChI is InChI=1S/C29H40BN3O5/c1-27(2,3)36-26(34)33-17-15-32(16-18-33)24-13-10-21(11-14-24)9-12-22-19-23(20-31-25(22)35-8)30-37-28(4,5)29(6,7)38-30/h9-14,19-20H,15-18H2,1-8H3. The molecule has 4 rings (SSSR count). The molecule has 2 fully saturated rings. The molecule has 0 radical (unpaired) electrons. The first-order valence-corrected chi connectivity index (χ1v) is 13.2. The lowest BCUT2D eigenvalue weighted by Gasteiger charge is -2.36. The van der Waals surface area contributed by atoms with E-state index in [0.29, 0.717) is 19.0 Å². The highest BCUT2D eigenvalue weighted by molar-refractivity contribution is 6.62. The number of anilines is 1. The Morgan fingerprint density at radius 1 is 1.00 bits per heavy atom. The van der Waals surface area contributed by atoms with Gasteiger partial charge in [-0.3, -0.25) is 0 Å². The molecule has 9 heteroatoms. The molecule has 0 bridgehead atoms. The molecule has 38 heavy (non-hydrogen) atoms. The number of piperazine rings is 1. The first-order valence-electron chi connectivity index (χ1n) is 13.2. The van der Waals surface area contributed by atoms with Crippen LogP contribution in [0.25, 0.3) is 12.2 Å². The average Bonchev–Trinajstić information content (AvgIpc) is 3.08. The van der Waals surface area contributed by atoms with E-state index in [1.54, 1.807) is 18.2 Å². The molecule has 1 aromatic heterocycles. The summed E-state index contributed by atoms with van der Waals surface area (Å²) in [5.74, 6) is 0.543. The van der Waals surface area contributed by atoms with Gasteiger partial charge in [0, 0.05) is 49.1 Å². The summed E-state index contributed by atoms with van der Waals surface area (Å²) in [5.41, 5.74) is 2.57. The van der Waals surface area contributed by atoms with Gasteiger partial charge in [-0.05, 0) is 78.3 Å². The van der Waals surface area contributed by atoms with Gasteiger partial charge < -0.3 is 28.6 Å². The van der Waals surface area contributed by atoms with Gasteiger partial charge in [-0.25, -0.2) is 9.78 Å². The highest BCUT2D eigenvalue weighted by Crippen LogP contribution is 2.36. The van der Waals surface area contributed by atoms with Crippen LogP contribution in [0.5, 0.6) is 5.88 Å². The zero-order valence-electron chi connectivity index (χ0n) is 23.9. The second-order valence-electron chi connectivity index (χ2n) is 11.8. The van der Waals surface area contributed by atoms with E-state index in [1.165, 1.54) is 0 Å². The lowest BCUT2D eigenvalue weighted by molar-refractivity contribution is 0.00578. The Bertz CT molecular complexity index is 1150. The Hall–Kier alpha value is -3.04. The topological polar surface area (TPSA) is 73.4 Å². The minimum Gasteiger partial charge on any atom is -0.481 e. The molecule has 2 saturated heterocycles. The summed E-state index contributed by atoms with van der Waals surface area (Å²) in [6, 6.07) is 10.4. The Morgan fingerprint density at radius 2 is 1.61 bits per heavy atom. The van der Waals surface area contributed by atoms with Gasteiger partial charge in [-0.1, -0.05) is 18.2 Å². The second kappa shape index (κ2) is 10.6. The quantitative estimate of drug-likeness (QED) is 0.532. The molecule has 1 amide bonds. The third-order valence-corrected chi connectivity index (χ3v) is 7.26. The van der Waals surface area contributed by atoms with Crippen molar-refractivity contribution in [2.45, 2.75) is 65.3 Å². The largest absolute Gasteiger partial charge is 0.496 e. The molecular formula is C29H40BN3O5. The molecular weight excluding hydrogens is 481 g/mol. The number of carbonyl (C=O) groups is 1. The van der Waals surface area contributed by atoms with Crippen LogP contribution in [-0.4, -0.2) is 73.2 Å². The van der Waals surface area contributed by atoms with Gasteiger partial charge in [0.15, 0.2) is 0 Å². The van der Waals surface area contributed by atoms with Crippen LogP contribution in [-0.2, 0) is 14.0 Å². The molecule has 0 saturated carbocycles. The molecule has 1 aromatic carbocycles. The molecule has 3 heterocycles. The maximum atomic E-state index is 12.3. The number of aromatic nitrogens is 1. The van der Waals surface area contributed by atoms with Crippen molar-refractivity contribution < 1.29 is 23.6 Å². The number of nitrogens with zero attached hydrogens (tertiary/aromatic N) is 3. The van der Waals surface area contributed by atoms with Gasteiger partial charge in [0.25, 0.3) is 0 Å². The summed E-state index contributed by atoms with van der Waals surface area (Å²) in [6.07, 6.45) is 5.54. The molecule has 8 nitrogen and oxygen atoms in total. The summed E-state index contributed by atoms with van der Waals surface area (Å²) in [7, 11) is 1.13. The normalized spacial score (nSPS) is 19.2. The molecule has 2 aromatic rings. The summed E-state index contributed by atoms with van der Waals surface area (Å²) < 4.78 is 23.4. The van der Waals surface area contributed by atoms with Crippen molar-refractivity contribution in [1.29, 1.82) is 0 Å². The molecule has 0 atom stereocenters. The zero-order chi connectivity index (χ0) is 27.7. The van der Waals surface area contributed by atoms with Gasteiger partial charge in [0.05, 0.1) is 18.3 Å². The van der Waals surface area contributed by atoms with Gasteiger partial charge >= 0.3 is 13.2 Å². The van der Waals surface area contributed by atoms with E-state index < -0.39 is 23.9 Å². The Labute approximate surface area is 227 Å². The fourth-order valence-corrected chi connectivity index (χ4v) is 4.34. The average molecular weight is 521 g/mol. The van der Waals surface area contributed by atoms with Crippen molar-refractivity contribution in [3.63, 3.8) is 0 Å². The summed E-state index contributed by atoms with van der Waals surface area (Å²) in [6.45, 7) is 16.6. The van der Waals surface area contributed by atoms with Crippen molar-refractivity contribution in [1.82, 2.24) is 9.88 Å². The number of carbonyl (C=O) groups excluding carboxylic acids is 1. The Balaban J connectivity index is 1.40. The highest BCUT2D eigenvalue weighted by Gasteiger charge is 2.51. The van der Waals surface area contributed by atoms with Crippen molar-refractivity contribution in [3.05, 3.63) is 47.7 Å². The predicted octanol–water partition coefficient (Wildman–Crippen LogP) is 4.62. The Morgan fingerprint density at radius 3 is 2.16 bits per heavy atom. The minimum absolute atomic E-state index is 0.245. The van der Waals surface area contributed by atoms with Crippen LogP contribution in [0, 0.1) is 0 Å². The van der Waals surface area contributed by atoms with E-state index in [-0.39, 0.29) is 6.09 Å².